The van der Waals surface area contributed by atoms with Crippen LogP contribution in [0.4, 0.5) is 0 Å². The van der Waals surface area contributed by atoms with Gasteiger partial charge in [-0.3, -0.25) is 0 Å². The van der Waals surface area contributed by atoms with E-state index in [-0.39, 0.29) is 6.10 Å². The van der Waals surface area contributed by atoms with E-state index in [2.05, 4.69) is 50.2 Å². The molecule has 0 radical (unpaired) electrons. The Morgan fingerprint density at radius 1 is 0.818 bits per heavy atom. The molecule has 0 saturated carbocycles. The van der Waals surface area contributed by atoms with Crippen LogP contribution in [-0.4, -0.2) is 5.11 Å². The molecule has 2 unspecified atom stereocenters. The summed E-state index contributed by atoms with van der Waals surface area (Å²) in [4.78, 5) is 0. The van der Waals surface area contributed by atoms with Gasteiger partial charge in [0.1, 0.15) is 0 Å². The normalized spacial score (nSPS) is 13.0. The molecule has 1 N–H and O–H groups in total. The molecule has 0 spiro atoms. The quantitative estimate of drug-likeness (QED) is 0.683. The van der Waals surface area contributed by atoms with E-state index in [4.69, 9.17) is 0 Å². The Morgan fingerprint density at radius 2 is 1.45 bits per heavy atom. The average Bonchev–Trinajstić information content (AvgIpc) is 2.62. The second-order valence-corrected chi connectivity index (χ2v) is 5.48. The molecular weight excluding hydrogens is 268 g/mol. The van der Waals surface area contributed by atoms with Gasteiger partial charge in [0.05, 0.1) is 6.10 Å². The number of rotatable bonds is 5. The average molecular weight is 298 g/mol. The maximum atomic E-state index is 9.95. The van der Waals surface area contributed by atoms with Gasteiger partial charge in [0, 0.05) is 0 Å². The number of aliphatic hydroxyl groups excluding tert-OH is 1. The molecular formula is C21H30O. The van der Waals surface area contributed by atoms with Crippen molar-refractivity contribution in [3.8, 4) is 11.1 Å². The highest BCUT2D eigenvalue weighted by molar-refractivity contribution is 5.64. The number of benzene rings is 2. The van der Waals surface area contributed by atoms with Gasteiger partial charge in [-0.1, -0.05) is 77.1 Å². The lowest BCUT2D eigenvalue weighted by Gasteiger charge is -2.12. The van der Waals surface area contributed by atoms with Gasteiger partial charge in [-0.2, -0.15) is 0 Å². The summed E-state index contributed by atoms with van der Waals surface area (Å²) in [5, 5.41) is 9.95. The highest BCUT2D eigenvalue weighted by Crippen LogP contribution is 2.27. The molecule has 0 aliphatic carbocycles. The van der Waals surface area contributed by atoms with Crippen molar-refractivity contribution >= 4 is 0 Å². The van der Waals surface area contributed by atoms with Crippen molar-refractivity contribution in [3.05, 3.63) is 59.7 Å². The van der Waals surface area contributed by atoms with Crippen molar-refractivity contribution in [2.75, 3.05) is 0 Å². The van der Waals surface area contributed by atoms with Crippen LogP contribution in [0.5, 0.6) is 0 Å². The third kappa shape index (κ3) is 4.71. The SMILES string of the molecule is CC.CCC(C)c1ccc(-c2cccc(C(O)CC)c2)cc1. The van der Waals surface area contributed by atoms with E-state index in [0.717, 1.165) is 18.4 Å². The van der Waals surface area contributed by atoms with E-state index in [0.29, 0.717) is 5.92 Å². The summed E-state index contributed by atoms with van der Waals surface area (Å²) in [6.07, 6.45) is 1.54. The number of hydrogen-bond acceptors (Lipinski definition) is 1. The molecule has 2 rings (SSSR count). The van der Waals surface area contributed by atoms with Crippen LogP contribution in [0.25, 0.3) is 11.1 Å². The topological polar surface area (TPSA) is 20.2 Å². The third-order valence-corrected chi connectivity index (χ3v) is 4.08. The first-order valence-corrected chi connectivity index (χ1v) is 8.54. The van der Waals surface area contributed by atoms with Gasteiger partial charge in [0.25, 0.3) is 0 Å². The van der Waals surface area contributed by atoms with Gasteiger partial charge in [0.2, 0.25) is 0 Å². The zero-order chi connectivity index (χ0) is 16.5. The predicted molar refractivity (Wildman–Crippen MR) is 97.2 cm³/mol. The molecule has 0 aliphatic heterocycles. The van der Waals surface area contributed by atoms with Crippen LogP contribution < -0.4 is 0 Å². The summed E-state index contributed by atoms with van der Waals surface area (Å²) in [7, 11) is 0. The Bertz CT molecular complexity index is 542. The molecule has 0 fully saturated rings. The smallest absolute Gasteiger partial charge is 0.0787 e. The van der Waals surface area contributed by atoms with E-state index in [1.54, 1.807) is 0 Å². The highest BCUT2D eigenvalue weighted by atomic mass is 16.3. The van der Waals surface area contributed by atoms with E-state index in [1.807, 2.05) is 32.9 Å². The minimum absolute atomic E-state index is 0.366. The van der Waals surface area contributed by atoms with Crippen LogP contribution in [0.15, 0.2) is 48.5 Å². The van der Waals surface area contributed by atoms with Crippen molar-refractivity contribution in [1.82, 2.24) is 0 Å². The number of hydrogen-bond donors (Lipinski definition) is 1. The van der Waals surface area contributed by atoms with Gasteiger partial charge in [0.15, 0.2) is 0 Å². The fourth-order valence-electron chi connectivity index (χ4n) is 2.40. The van der Waals surface area contributed by atoms with Crippen LogP contribution in [0.1, 0.15) is 70.6 Å². The van der Waals surface area contributed by atoms with Crippen molar-refractivity contribution in [2.45, 2.75) is 59.5 Å². The van der Waals surface area contributed by atoms with E-state index >= 15 is 0 Å². The summed E-state index contributed by atoms with van der Waals surface area (Å²) in [6, 6.07) is 17.0. The monoisotopic (exact) mass is 298 g/mol. The Hall–Kier alpha value is -1.60. The molecule has 0 amide bonds. The van der Waals surface area contributed by atoms with E-state index in [9.17, 15) is 5.11 Å². The van der Waals surface area contributed by atoms with Crippen molar-refractivity contribution in [3.63, 3.8) is 0 Å². The lowest BCUT2D eigenvalue weighted by molar-refractivity contribution is 0.174. The lowest BCUT2D eigenvalue weighted by atomic mass is 9.95. The van der Waals surface area contributed by atoms with Gasteiger partial charge >= 0.3 is 0 Å². The Morgan fingerprint density at radius 3 is 2.00 bits per heavy atom. The molecule has 0 bridgehead atoms. The Kier molecular flexibility index (Phi) is 7.90. The maximum absolute atomic E-state index is 9.95. The van der Waals surface area contributed by atoms with Crippen LogP contribution in [0.2, 0.25) is 0 Å². The van der Waals surface area contributed by atoms with Crippen molar-refractivity contribution < 1.29 is 5.11 Å². The molecule has 0 aromatic heterocycles. The van der Waals surface area contributed by atoms with Crippen molar-refractivity contribution in [2.24, 2.45) is 0 Å². The molecule has 22 heavy (non-hydrogen) atoms. The van der Waals surface area contributed by atoms with Gasteiger partial charge in [-0.05, 0) is 47.1 Å². The second kappa shape index (κ2) is 9.42. The fraction of sp³-hybridized carbons (Fsp3) is 0.429. The summed E-state index contributed by atoms with van der Waals surface area (Å²) >= 11 is 0. The molecule has 2 aromatic rings. The maximum Gasteiger partial charge on any atom is 0.0787 e. The molecule has 120 valence electrons. The third-order valence-electron chi connectivity index (χ3n) is 4.08. The van der Waals surface area contributed by atoms with Gasteiger partial charge < -0.3 is 5.11 Å². The molecule has 2 aromatic carbocycles. The zero-order valence-electron chi connectivity index (χ0n) is 14.6. The predicted octanol–water partition coefficient (Wildman–Crippen LogP) is 6.34. The molecule has 1 nitrogen and oxygen atoms in total. The summed E-state index contributed by atoms with van der Waals surface area (Å²) in [5.74, 6) is 0.609. The zero-order valence-corrected chi connectivity index (χ0v) is 14.6. The summed E-state index contributed by atoms with van der Waals surface area (Å²) in [6.45, 7) is 10.5. The molecule has 0 aliphatic rings. The van der Waals surface area contributed by atoms with Crippen LogP contribution in [0, 0.1) is 0 Å². The summed E-state index contributed by atoms with van der Waals surface area (Å²) < 4.78 is 0. The Labute approximate surface area is 136 Å². The first-order chi connectivity index (χ1) is 10.7. The second-order valence-electron chi connectivity index (χ2n) is 5.48. The minimum Gasteiger partial charge on any atom is -0.388 e. The highest BCUT2D eigenvalue weighted by Gasteiger charge is 2.07. The molecule has 0 saturated heterocycles. The van der Waals surface area contributed by atoms with Gasteiger partial charge in [-0.25, -0.2) is 0 Å². The van der Waals surface area contributed by atoms with E-state index < -0.39 is 0 Å². The first-order valence-electron chi connectivity index (χ1n) is 8.54. The molecule has 1 heteroatoms. The van der Waals surface area contributed by atoms with Crippen LogP contribution in [0.3, 0.4) is 0 Å². The summed E-state index contributed by atoms with van der Waals surface area (Å²) in [5.41, 5.74) is 4.77. The molecule has 2 atom stereocenters. The first kappa shape index (κ1) is 18.4. The lowest BCUT2D eigenvalue weighted by Crippen LogP contribution is -1.95. The van der Waals surface area contributed by atoms with Crippen molar-refractivity contribution in [1.29, 1.82) is 0 Å². The molecule has 0 heterocycles. The van der Waals surface area contributed by atoms with Crippen LogP contribution >= 0.6 is 0 Å². The fourth-order valence-corrected chi connectivity index (χ4v) is 2.40. The standard InChI is InChI=1S/C19H24O.C2H6/c1-4-14(3)15-9-11-16(12-10-15)17-7-6-8-18(13-17)19(20)5-2;1-2/h6-14,19-20H,4-5H2,1-3H3;1-2H3. The largest absolute Gasteiger partial charge is 0.388 e. The number of aliphatic hydroxyl groups is 1. The minimum atomic E-state index is -0.366. The van der Waals surface area contributed by atoms with E-state index in [1.165, 1.54) is 16.7 Å². The Balaban J connectivity index is 0.00000116. The van der Waals surface area contributed by atoms with Crippen LogP contribution in [-0.2, 0) is 0 Å². The van der Waals surface area contributed by atoms with Gasteiger partial charge in [-0.15, -0.1) is 0 Å².